The van der Waals surface area contributed by atoms with Crippen LogP contribution in [0.4, 0.5) is 0 Å². The van der Waals surface area contributed by atoms with Gasteiger partial charge >= 0.3 is 0 Å². The van der Waals surface area contributed by atoms with Crippen molar-refractivity contribution in [3.8, 4) is 16.9 Å². The molecule has 0 radical (unpaired) electrons. The molecule has 0 bridgehead atoms. The van der Waals surface area contributed by atoms with Gasteiger partial charge in [0, 0.05) is 11.1 Å². The summed E-state index contributed by atoms with van der Waals surface area (Å²) >= 11 is 3.17. The van der Waals surface area contributed by atoms with Crippen LogP contribution in [-0.4, -0.2) is 35.7 Å². The number of thioether (sulfide) groups is 1. The molecule has 6 rings (SSSR count). The topological polar surface area (TPSA) is 64.8 Å². The summed E-state index contributed by atoms with van der Waals surface area (Å²) in [6.45, 7) is 2.54. The highest BCUT2D eigenvalue weighted by molar-refractivity contribution is 7.98. The van der Waals surface area contributed by atoms with Crippen molar-refractivity contribution in [3.05, 3.63) is 95.1 Å². The fraction of sp³-hybridized carbons (Fsp3) is 0.111. The van der Waals surface area contributed by atoms with Crippen molar-refractivity contribution in [2.75, 3.05) is 6.26 Å². The van der Waals surface area contributed by atoms with E-state index in [1.54, 1.807) is 23.1 Å². The van der Waals surface area contributed by atoms with Gasteiger partial charge in [-0.3, -0.25) is 9.13 Å². The minimum absolute atomic E-state index is 0.550. The molecule has 0 fully saturated rings. The van der Waals surface area contributed by atoms with Crippen molar-refractivity contribution >= 4 is 45.6 Å². The number of para-hydroxylation sites is 3. The van der Waals surface area contributed by atoms with E-state index >= 15 is 0 Å². The van der Waals surface area contributed by atoms with E-state index < -0.39 is 0 Å². The van der Waals surface area contributed by atoms with Crippen molar-refractivity contribution in [1.29, 1.82) is 0 Å². The molecule has 36 heavy (non-hydrogen) atoms. The molecular weight excluding hydrogens is 486 g/mol. The van der Waals surface area contributed by atoms with Crippen molar-refractivity contribution in [3.63, 3.8) is 0 Å². The summed E-state index contributed by atoms with van der Waals surface area (Å²) in [7, 11) is 0. The van der Waals surface area contributed by atoms with E-state index in [4.69, 9.17) is 10.1 Å². The minimum atomic E-state index is 0.550. The highest BCUT2D eigenvalue weighted by Crippen LogP contribution is 2.24. The van der Waals surface area contributed by atoms with Gasteiger partial charge in [0.25, 0.3) is 0 Å². The predicted octanol–water partition coefficient (Wildman–Crippen LogP) is 5.90. The highest BCUT2D eigenvalue weighted by Gasteiger charge is 2.16. The van der Waals surface area contributed by atoms with Gasteiger partial charge in [-0.25, -0.2) is 4.98 Å². The number of aromatic nitrogens is 5. The second-order valence-electron chi connectivity index (χ2n) is 8.26. The molecule has 0 saturated carbocycles. The quantitative estimate of drug-likeness (QED) is 0.159. The third-order valence-corrected chi connectivity index (χ3v) is 7.33. The largest absolute Gasteiger partial charge is 0.284 e. The van der Waals surface area contributed by atoms with Crippen LogP contribution in [0.5, 0.6) is 0 Å². The molecule has 0 amide bonds. The molecule has 0 aliphatic rings. The zero-order valence-corrected chi connectivity index (χ0v) is 21.4. The van der Waals surface area contributed by atoms with Gasteiger partial charge in [0.2, 0.25) is 10.6 Å². The predicted molar refractivity (Wildman–Crippen MR) is 148 cm³/mol. The smallest absolute Gasteiger partial charge is 0.234 e. The van der Waals surface area contributed by atoms with Gasteiger partial charge in [-0.15, -0.1) is 21.5 Å². The molecule has 0 aliphatic heterocycles. The summed E-state index contributed by atoms with van der Waals surface area (Å²) in [4.78, 5) is 5.62. The molecule has 9 heteroatoms. The van der Waals surface area contributed by atoms with Crippen LogP contribution in [0.3, 0.4) is 0 Å². The fourth-order valence-corrected chi connectivity index (χ4v) is 5.58. The Morgan fingerprint density at radius 3 is 2.44 bits per heavy atom. The van der Waals surface area contributed by atoms with Gasteiger partial charge in [-0.2, -0.15) is 9.62 Å². The summed E-state index contributed by atoms with van der Waals surface area (Å²) in [6, 6.07) is 28.7. The highest BCUT2D eigenvalue weighted by atomic mass is 32.2. The number of benzene rings is 3. The first kappa shape index (κ1) is 22.5. The molecule has 0 N–H and O–H groups in total. The van der Waals surface area contributed by atoms with Crippen molar-refractivity contribution in [2.24, 2.45) is 10.2 Å². The summed E-state index contributed by atoms with van der Waals surface area (Å²) < 4.78 is 6.15. The summed E-state index contributed by atoms with van der Waals surface area (Å²) in [6.07, 6.45) is 2.02. The van der Waals surface area contributed by atoms with E-state index in [9.17, 15) is 0 Å². The molecule has 6 aromatic rings. The van der Waals surface area contributed by atoms with E-state index in [1.807, 2.05) is 66.2 Å². The number of imidazole rings is 1. The lowest BCUT2D eigenvalue weighted by atomic mass is 10.1. The van der Waals surface area contributed by atoms with Crippen molar-refractivity contribution < 1.29 is 0 Å². The average molecular weight is 510 g/mol. The number of thiazole rings is 1. The zero-order valence-electron chi connectivity index (χ0n) is 19.8. The van der Waals surface area contributed by atoms with Gasteiger partial charge in [0.15, 0.2) is 5.16 Å². The van der Waals surface area contributed by atoms with Crippen molar-refractivity contribution in [1.82, 2.24) is 23.7 Å². The normalized spacial score (nSPS) is 12.7. The Labute approximate surface area is 216 Å². The third-order valence-electron chi connectivity index (χ3n) is 5.85. The maximum Gasteiger partial charge on any atom is 0.234 e. The van der Waals surface area contributed by atoms with Crippen LogP contribution in [0.1, 0.15) is 6.92 Å². The Bertz CT molecular complexity index is 1760. The molecule has 7 nitrogen and oxygen atoms in total. The lowest BCUT2D eigenvalue weighted by molar-refractivity contribution is 0.753. The number of rotatable bonds is 6. The van der Waals surface area contributed by atoms with E-state index in [2.05, 4.69) is 61.1 Å². The molecule has 0 saturated heterocycles. The maximum atomic E-state index is 4.81. The SMILES string of the molecule is CSc1nn2c3ccccc3nc2n1C/C(C)=N/N=c1\scc(-c2ccccc2)n1-c1ccccc1. The third kappa shape index (κ3) is 4.06. The molecule has 0 spiro atoms. The fourth-order valence-electron chi connectivity index (χ4n) is 4.19. The zero-order chi connectivity index (χ0) is 24.5. The van der Waals surface area contributed by atoms with E-state index in [-0.39, 0.29) is 0 Å². The molecule has 3 heterocycles. The maximum absolute atomic E-state index is 4.81. The Balaban J connectivity index is 1.41. The molecule has 3 aromatic carbocycles. The van der Waals surface area contributed by atoms with E-state index in [0.717, 1.165) is 49.4 Å². The van der Waals surface area contributed by atoms with Gasteiger partial charge < -0.3 is 0 Å². The van der Waals surface area contributed by atoms with Gasteiger partial charge in [-0.05, 0) is 43.0 Å². The number of fused-ring (bicyclic) bond motifs is 3. The van der Waals surface area contributed by atoms with Crippen LogP contribution >= 0.6 is 23.1 Å². The molecular formula is C27H23N7S2. The van der Waals surface area contributed by atoms with Crippen molar-refractivity contribution in [2.45, 2.75) is 18.6 Å². The Morgan fingerprint density at radius 2 is 1.67 bits per heavy atom. The monoisotopic (exact) mass is 509 g/mol. The number of nitrogens with zero attached hydrogens (tertiary/aromatic N) is 7. The molecule has 0 aliphatic carbocycles. The first-order chi connectivity index (χ1) is 17.7. The second kappa shape index (κ2) is 9.60. The van der Waals surface area contributed by atoms with Crippen LogP contribution in [0.15, 0.2) is 106 Å². The Hall–Kier alpha value is -3.95. The molecule has 178 valence electrons. The first-order valence-electron chi connectivity index (χ1n) is 11.5. The lowest BCUT2D eigenvalue weighted by Gasteiger charge is -2.08. The van der Waals surface area contributed by atoms with Crippen LogP contribution in [0.2, 0.25) is 0 Å². The Kier molecular flexibility index (Phi) is 6.00. The van der Waals surface area contributed by atoms with Gasteiger partial charge in [0.05, 0.1) is 29.0 Å². The standard InChI is InChI=1S/C27H23N7S2/c1-19(17-32-25-28-22-15-9-10-16-23(22)34(25)31-27(32)35-2)29-30-26-33(21-13-7-4-8-14-21)24(18-36-26)20-11-5-3-6-12-20/h3-16,18H,17H2,1-2H3/b29-19+,30-26-. The molecule has 3 aromatic heterocycles. The van der Waals surface area contributed by atoms with E-state index in [1.165, 1.54) is 0 Å². The second-order valence-corrected chi connectivity index (χ2v) is 9.87. The average Bonchev–Trinajstić information content (AvgIpc) is 3.61. The number of hydrogen-bond donors (Lipinski definition) is 0. The first-order valence-corrected chi connectivity index (χ1v) is 13.6. The minimum Gasteiger partial charge on any atom is -0.284 e. The van der Waals surface area contributed by atoms with Gasteiger partial charge in [-0.1, -0.05) is 72.4 Å². The number of hydrogen-bond acceptors (Lipinski definition) is 6. The van der Waals surface area contributed by atoms with Crippen LogP contribution in [0, 0.1) is 0 Å². The van der Waals surface area contributed by atoms with Crippen LogP contribution < -0.4 is 4.80 Å². The van der Waals surface area contributed by atoms with E-state index in [0.29, 0.717) is 6.54 Å². The summed E-state index contributed by atoms with van der Waals surface area (Å²) in [5, 5.41) is 17.1. The van der Waals surface area contributed by atoms with Gasteiger partial charge in [0.1, 0.15) is 0 Å². The molecule has 0 atom stereocenters. The summed E-state index contributed by atoms with van der Waals surface area (Å²) in [5.41, 5.74) is 6.06. The lowest BCUT2D eigenvalue weighted by Crippen LogP contribution is -2.14. The van der Waals surface area contributed by atoms with Crippen LogP contribution in [-0.2, 0) is 6.54 Å². The Morgan fingerprint density at radius 1 is 0.944 bits per heavy atom. The molecule has 0 unspecified atom stereocenters. The summed E-state index contributed by atoms with van der Waals surface area (Å²) in [5.74, 6) is 0.803. The van der Waals surface area contributed by atoms with Crippen LogP contribution in [0.25, 0.3) is 33.8 Å².